The van der Waals surface area contributed by atoms with E-state index in [9.17, 15) is 4.79 Å². The molecule has 0 radical (unpaired) electrons. The Morgan fingerprint density at radius 2 is 2.03 bits per heavy atom. The van der Waals surface area contributed by atoms with Crippen molar-refractivity contribution in [1.82, 2.24) is 15.1 Å². The SMILES string of the molecule is O=C(c1n[nH]c2ccccc12)N1CCOC(COc2ccc3c(c2)CCCC3)C1. The highest BCUT2D eigenvalue weighted by atomic mass is 16.5. The summed E-state index contributed by atoms with van der Waals surface area (Å²) in [5, 5.41) is 8.03. The van der Waals surface area contributed by atoms with E-state index in [1.807, 2.05) is 35.2 Å². The molecule has 1 aliphatic heterocycles. The molecule has 6 heteroatoms. The molecule has 1 fully saturated rings. The number of H-pyrrole nitrogens is 1. The molecule has 150 valence electrons. The van der Waals surface area contributed by atoms with Crippen LogP contribution in [0.15, 0.2) is 42.5 Å². The summed E-state index contributed by atoms with van der Waals surface area (Å²) in [5.41, 5.74) is 4.19. The van der Waals surface area contributed by atoms with E-state index in [2.05, 4.69) is 22.3 Å². The lowest BCUT2D eigenvalue weighted by molar-refractivity contribution is -0.0402. The van der Waals surface area contributed by atoms with Gasteiger partial charge in [-0.15, -0.1) is 0 Å². The number of carbonyl (C=O) groups excluding carboxylic acids is 1. The number of nitrogens with zero attached hydrogens (tertiary/aromatic N) is 2. The molecule has 0 saturated carbocycles. The van der Waals surface area contributed by atoms with Crippen LogP contribution in [0.3, 0.4) is 0 Å². The molecule has 1 amide bonds. The number of para-hydroxylation sites is 1. The molecular formula is C23H25N3O3. The number of rotatable bonds is 4. The van der Waals surface area contributed by atoms with E-state index in [0.717, 1.165) is 23.1 Å². The lowest BCUT2D eigenvalue weighted by Crippen LogP contribution is -2.47. The number of amides is 1. The Labute approximate surface area is 169 Å². The van der Waals surface area contributed by atoms with Gasteiger partial charge >= 0.3 is 0 Å². The quantitative estimate of drug-likeness (QED) is 0.741. The third-order valence-corrected chi connectivity index (χ3v) is 5.85. The minimum absolute atomic E-state index is 0.0652. The van der Waals surface area contributed by atoms with Crippen LogP contribution in [-0.2, 0) is 17.6 Å². The molecule has 0 spiro atoms. The van der Waals surface area contributed by atoms with Crippen molar-refractivity contribution in [2.24, 2.45) is 0 Å². The number of benzene rings is 2. The van der Waals surface area contributed by atoms with E-state index >= 15 is 0 Å². The van der Waals surface area contributed by atoms with Gasteiger partial charge in [0.05, 0.1) is 18.7 Å². The zero-order valence-electron chi connectivity index (χ0n) is 16.4. The number of aromatic amines is 1. The second-order valence-corrected chi connectivity index (χ2v) is 7.81. The summed E-state index contributed by atoms with van der Waals surface area (Å²) in [7, 11) is 0. The molecule has 5 rings (SSSR count). The van der Waals surface area contributed by atoms with Crippen molar-refractivity contribution >= 4 is 16.8 Å². The van der Waals surface area contributed by atoms with Crippen LogP contribution in [0.2, 0.25) is 0 Å². The Morgan fingerprint density at radius 3 is 2.97 bits per heavy atom. The van der Waals surface area contributed by atoms with Crippen LogP contribution < -0.4 is 4.74 Å². The second kappa shape index (κ2) is 7.87. The number of aryl methyl sites for hydroxylation is 2. The Morgan fingerprint density at radius 1 is 1.17 bits per heavy atom. The average molecular weight is 391 g/mol. The monoisotopic (exact) mass is 391 g/mol. The lowest BCUT2D eigenvalue weighted by Gasteiger charge is -2.32. The summed E-state index contributed by atoms with van der Waals surface area (Å²) in [5.74, 6) is 0.820. The zero-order valence-corrected chi connectivity index (χ0v) is 16.4. The molecule has 29 heavy (non-hydrogen) atoms. The Bertz CT molecular complexity index is 1030. The molecule has 1 saturated heterocycles. The van der Waals surface area contributed by atoms with E-state index in [-0.39, 0.29) is 12.0 Å². The fraction of sp³-hybridized carbons (Fsp3) is 0.391. The fourth-order valence-corrected chi connectivity index (χ4v) is 4.27. The van der Waals surface area contributed by atoms with E-state index in [4.69, 9.17) is 9.47 Å². The molecule has 1 aliphatic carbocycles. The summed E-state index contributed by atoms with van der Waals surface area (Å²) in [4.78, 5) is 14.8. The highest BCUT2D eigenvalue weighted by molar-refractivity contribution is 6.04. The molecule has 1 atom stereocenters. The molecule has 3 aromatic rings. The minimum Gasteiger partial charge on any atom is -0.491 e. The highest BCUT2D eigenvalue weighted by Gasteiger charge is 2.28. The van der Waals surface area contributed by atoms with Crippen LogP contribution in [0.25, 0.3) is 10.9 Å². The number of nitrogens with one attached hydrogen (secondary N) is 1. The second-order valence-electron chi connectivity index (χ2n) is 7.81. The molecule has 1 aromatic heterocycles. The summed E-state index contributed by atoms with van der Waals surface area (Å²) in [6.07, 6.45) is 4.68. The molecule has 2 aromatic carbocycles. The smallest absolute Gasteiger partial charge is 0.275 e. The number of hydrogen-bond acceptors (Lipinski definition) is 4. The van der Waals surface area contributed by atoms with Gasteiger partial charge in [0.1, 0.15) is 18.5 Å². The van der Waals surface area contributed by atoms with Crippen molar-refractivity contribution in [2.45, 2.75) is 31.8 Å². The maximum Gasteiger partial charge on any atom is 0.275 e. The van der Waals surface area contributed by atoms with Gasteiger partial charge in [-0.2, -0.15) is 5.10 Å². The van der Waals surface area contributed by atoms with Gasteiger partial charge in [-0.3, -0.25) is 9.89 Å². The summed E-state index contributed by atoms with van der Waals surface area (Å²) in [6.45, 7) is 2.01. The van der Waals surface area contributed by atoms with E-state index in [1.54, 1.807) is 0 Å². The Balaban J connectivity index is 1.23. The lowest BCUT2D eigenvalue weighted by atomic mass is 9.92. The molecule has 2 heterocycles. The van der Waals surface area contributed by atoms with Crippen molar-refractivity contribution in [3.05, 3.63) is 59.3 Å². The van der Waals surface area contributed by atoms with Crippen LogP contribution in [0.1, 0.15) is 34.5 Å². The maximum atomic E-state index is 13.0. The molecule has 1 N–H and O–H groups in total. The van der Waals surface area contributed by atoms with Gasteiger partial charge in [0.15, 0.2) is 5.69 Å². The highest BCUT2D eigenvalue weighted by Crippen LogP contribution is 2.26. The van der Waals surface area contributed by atoms with Crippen molar-refractivity contribution < 1.29 is 14.3 Å². The van der Waals surface area contributed by atoms with Gasteiger partial charge in [0, 0.05) is 11.9 Å². The number of fused-ring (bicyclic) bond motifs is 2. The summed E-state index contributed by atoms with van der Waals surface area (Å²) >= 11 is 0. The molecule has 1 unspecified atom stereocenters. The topological polar surface area (TPSA) is 67.5 Å². The van der Waals surface area contributed by atoms with Crippen LogP contribution in [0.4, 0.5) is 0 Å². The van der Waals surface area contributed by atoms with Gasteiger partial charge < -0.3 is 14.4 Å². The van der Waals surface area contributed by atoms with Crippen LogP contribution in [0, 0.1) is 0 Å². The van der Waals surface area contributed by atoms with E-state index in [1.165, 1.54) is 30.4 Å². The van der Waals surface area contributed by atoms with Gasteiger partial charge in [0.25, 0.3) is 5.91 Å². The van der Waals surface area contributed by atoms with Crippen LogP contribution >= 0.6 is 0 Å². The first-order valence-electron chi connectivity index (χ1n) is 10.4. The third-order valence-electron chi connectivity index (χ3n) is 5.85. The number of carbonyl (C=O) groups is 1. The molecular weight excluding hydrogens is 366 g/mol. The average Bonchev–Trinajstić information content (AvgIpc) is 3.21. The van der Waals surface area contributed by atoms with Crippen LogP contribution in [-0.4, -0.2) is 53.4 Å². The zero-order chi connectivity index (χ0) is 19.6. The predicted molar refractivity (Wildman–Crippen MR) is 110 cm³/mol. The first-order valence-corrected chi connectivity index (χ1v) is 10.4. The first-order chi connectivity index (χ1) is 14.3. The van der Waals surface area contributed by atoms with Gasteiger partial charge in [-0.05, 0) is 55.0 Å². The number of aromatic nitrogens is 2. The first kappa shape index (κ1) is 18.2. The normalized spacial score (nSPS) is 19.2. The largest absolute Gasteiger partial charge is 0.491 e. The van der Waals surface area contributed by atoms with Gasteiger partial charge in [-0.25, -0.2) is 0 Å². The standard InChI is InChI=1S/C23H25N3O3/c27-23(22-20-7-3-4-8-21(20)24-25-22)26-11-12-28-19(14-26)15-29-18-10-9-16-5-1-2-6-17(16)13-18/h3-4,7-10,13,19H,1-2,5-6,11-12,14-15H2,(H,24,25). The number of hydrogen-bond donors (Lipinski definition) is 1. The van der Waals surface area contributed by atoms with Crippen molar-refractivity contribution in [3.63, 3.8) is 0 Å². The third kappa shape index (κ3) is 3.72. The van der Waals surface area contributed by atoms with Crippen molar-refractivity contribution in [1.29, 1.82) is 0 Å². The maximum absolute atomic E-state index is 13.0. The Hall–Kier alpha value is -2.86. The number of morpholine rings is 1. The number of ether oxygens (including phenoxy) is 2. The van der Waals surface area contributed by atoms with Crippen molar-refractivity contribution in [3.8, 4) is 5.75 Å². The van der Waals surface area contributed by atoms with Crippen molar-refractivity contribution in [2.75, 3.05) is 26.3 Å². The molecule has 6 nitrogen and oxygen atoms in total. The van der Waals surface area contributed by atoms with E-state index < -0.39 is 0 Å². The summed E-state index contributed by atoms with van der Waals surface area (Å²) < 4.78 is 11.9. The van der Waals surface area contributed by atoms with Crippen LogP contribution in [0.5, 0.6) is 5.75 Å². The molecule has 2 aliphatic rings. The van der Waals surface area contributed by atoms with Gasteiger partial charge in [-0.1, -0.05) is 24.3 Å². The summed E-state index contributed by atoms with van der Waals surface area (Å²) in [6, 6.07) is 14.1. The van der Waals surface area contributed by atoms with Gasteiger partial charge in [0.2, 0.25) is 0 Å². The minimum atomic E-state index is -0.145. The fourth-order valence-electron chi connectivity index (χ4n) is 4.27. The molecule has 0 bridgehead atoms. The Kier molecular flexibility index (Phi) is 4.94. The van der Waals surface area contributed by atoms with E-state index in [0.29, 0.717) is 32.0 Å². The predicted octanol–water partition coefficient (Wildman–Crippen LogP) is 3.36.